The zero-order chi connectivity index (χ0) is 9.90. The summed E-state index contributed by atoms with van der Waals surface area (Å²) < 4.78 is 5.34. The number of methoxy groups -OCH3 is 1. The number of halogens is 1. The monoisotopic (exact) mass is 199 g/mol. The van der Waals surface area contributed by atoms with E-state index in [-0.39, 0.29) is 0 Å². The SMILES string of the molecule is COC(C)(CN)c1ccc(Cl)cc1. The minimum atomic E-state index is -0.412. The molecular formula is C10H14ClNO. The molecule has 2 N–H and O–H groups in total. The molecule has 13 heavy (non-hydrogen) atoms. The van der Waals surface area contributed by atoms with E-state index in [0.717, 1.165) is 10.6 Å². The maximum absolute atomic E-state index is 5.78. The van der Waals surface area contributed by atoms with Gasteiger partial charge in [-0.3, -0.25) is 0 Å². The van der Waals surface area contributed by atoms with E-state index in [1.54, 1.807) is 7.11 Å². The Balaban J connectivity index is 2.99. The van der Waals surface area contributed by atoms with Crippen molar-refractivity contribution >= 4 is 11.6 Å². The minimum Gasteiger partial charge on any atom is -0.372 e. The molecule has 0 radical (unpaired) electrons. The van der Waals surface area contributed by atoms with Gasteiger partial charge < -0.3 is 10.5 Å². The Morgan fingerprint density at radius 2 is 1.92 bits per heavy atom. The van der Waals surface area contributed by atoms with Gasteiger partial charge >= 0.3 is 0 Å². The van der Waals surface area contributed by atoms with E-state index in [1.165, 1.54) is 0 Å². The lowest BCUT2D eigenvalue weighted by Crippen LogP contribution is -2.33. The maximum Gasteiger partial charge on any atom is 0.102 e. The van der Waals surface area contributed by atoms with Crippen LogP contribution in [0.1, 0.15) is 12.5 Å². The van der Waals surface area contributed by atoms with Crippen LogP contribution in [0.4, 0.5) is 0 Å². The van der Waals surface area contributed by atoms with Gasteiger partial charge in [0.1, 0.15) is 5.60 Å². The van der Waals surface area contributed by atoms with Gasteiger partial charge in [-0.2, -0.15) is 0 Å². The minimum absolute atomic E-state index is 0.412. The molecule has 0 bridgehead atoms. The third-order valence-corrected chi connectivity index (χ3v) is 2.55. The first-order valence-electron chi connectivity index (χ1n) is 4.13. The number of nitrogens with two attached hydrogens (primary N) is 1. The van der Waals surface area contributed by atoms with Crippen LogP contribution in [0.5, 0.6) is 0 Å². The van der Waals surface area contributed by atoms with Gasteiger partial charge in [0.2, 0.25) is 0 Å². The van der Waals surface area contributed by atoms with Crippen molar-refractivity contribution in [1.82, 2.24) is 0 Å². The van der Waals surface area contributed by atoms with E-state index in [9.17, 15) is 0 Å². The van der Waals surface area contributed by atoms with E-state index in [4.69, 9.17) is 22.1 Å². The number of hydrogen-bond donors (Lipinski definition) is 1. The first kappa shape index (κ1) is 10.5. The second-order valence-electron chi connectivity index (χ2n) is 3.15. The predicted octanol–water partition coefficient (Wildman–Crippen LogP) is 2.16. The Kier molecular flexibility index (Phi) is 3.31. The topological polar surface area (TPSA) is 35.2 Å². The molecule has 1 atom stereocenters. The fraction of sp³-hybridized carbons (Fsp3) is 0.400. The highest BCUT2D eigenvalue weighted by Gasteiger charge is 2.23. The highest BCUT2D eigenvalue weighted by molar-refractivity contribution is 6.30. The lowest BCUT2D eigenvalue weighted by Gasteiger charge is -2.26. The van der Waals surface area contributed by atoms with E-state index in [1.807, 2.05) is 31.2 Å². The molecule has 1 rings (SSSR count). The van der Waals surface area contributed by atoms with E-state index >= 15 is 0 Å². The molecule has 0 aromatic heterocycles. The van der Waals surface area contributed by atoms with Crippen molar-refractivity contribution in [3.05, 3.63) is 34.9 Å². The summed E-state index contributed by atoms with van der Waals surface area (Å²) in [6.07, 6.45) is 0. The van der Waals surface area contributed by atoms with E-state index in [0.29, 0.717) is 6.54 Å². The van der Waals surface area contributed by atoms with Crippen molar-refractivity contribution < 1.29 is 4.74 Å². The molecule has 0 aliphatic rings. The summed E-state index contributed by atoms with van der Waals surface area (Å²) in [6.45, 7) is 2.40. The molecule has 1 aromatic carbocycles. The summed E-state index contributed by atoms with van der Waals surface area (Å²) in [7, 11) is 1.65. The van der Waals surface area contributed by atoms with Crippen LogP contribution in [0.15, 0.2) is 24.3 Å². The van der Waals surface area contributed by atoms with Gasteiger partial charge in [-0.15, -0.1) is 0 Å². The number of hydrogen-bond acceptors (Lipinski definition) is 2. The van der Waals surface area contributed by atoms with E-state index in [2.05, 4.69) is 0 Å². The molecule has 2 nitrogen and oxygen atoms in total. The first-order chi connectivity index (χ1) is 6.12. The normalized spacial score (nSPS) is 15.4. The lowest BCUT2D eigenvalue weighted by molar-refractivity contribution is 0.0101. The van der Waals surface area contributed by atoms with Crippen molar-refractivity contribution in [2.75, 3.05) is 13.7 Å². The molecule has 0 saturated heterocycles. The summed E-state index contributed by atoms with van der Waals surface area (Å²) in [5, 5.41) is 0.722. The fourth-order valence-corrected chi connectivity index (χ4v) is 1.25. The van der Waals surface area contributed by atoms with Gasteiger partial charge in [-0.05, 0) is 24.6 Å². The summed E-state index contributed by atoms with van der Waals surface area (Å²) in [5.41, 5.74) is 6.26. The molecular weight excluding hydrogens is 186 g/mol. The molecule has 3 heteroatoms. The molecule has 0 aliphatic heterocycles. The molecule has 0 aliphatic carbocycles. The van der Waals surface area contributed by atoms with Crippen molar-refractivity contribution in [2.24, 2.45) is 5.73 Å². The smallest absolute Gasteiger partial charge is 0.102 e. The lowest BCUT2D eigenvalue weighted by atomic mass is 9.96. The third-order valence-electron chi connectivity index (χ3n) is 2.29. The Morgan fingerprint density at radius 3 is 2.31 bits per heavy atom. The maximum atomic E-state index is 5.78. The van der Waals surface area contributed by atoms with Gasteiger partial charge in [0.15, 0.2) is 0 Å². The second kappa shape index (κ2) is 4.09. The number of ether oxygens (including phenoxy) is 1. The second-order valence-corrected chi connectivity index (χ2v) is 3.58. The van der Waals surface area contributed by atoms with Crippen LogP contribution in [-0.2, 0) is 10.3 Å². The average molecular weight is 200 g/mol. The Hall–Kier alpha value is -0.570. The zero-order valence-corrected chi connectivity index (χ0v) is 8.64. The molecule has 1 unspecified atom stereocenters. The molecule has 0 spiro atoms. The van der Waals surface area contributed by atoms with Gasteiger partial charge in [-0.1, -0.05) is 23.7 Å². The van der Waals surface area contributed by atoms with Crippen LogP contribution >= 0.6 is 11.6 Å². The molecule has 0 saturated carbocycles. The summed E-state index contributed by atoms with van der Waals surface area (Å²) >= 11 is 5.78. The Morgan fingerprint density at radius 1 is 1.38 bits per heavy atom. The Labute approximate surface area is 83.6 Å². The first-order valence-corrected chi connectivity index (χ1v) is 4.51. The van der Waals surface area contributed by atoms with Crippen LogP contribution in [0.3, 0.4) is 0 Å². The zero-order valence-electron chi connectivity index (χ0n) is 7.88. The molecule has 1 aromatic rings. The summed E-state index contributed by atoms with van der Waals surface area (Å²) in [5.74, 6) is 0. The molecule has 72 valence electrons. The van der Waals surface area contributed by atoms with Crippen molar-refractivity contribution in [3.8, 4) is 0 Å². The van der Waals surface area contributed by atoms with Gasteiger partial charge in [0.25, 0.3) is 0 Å². The van der Waals surface area contributed by atoms with Gasteiger partial charge in [-0.25, -0.2) is 0 Å². The van der Waals surface area contributed by atoms with Crippen molar-refractivity contribution in [1.29, 1.82) is 0 Å². The van der Waals surface area contributed by atoms with Crippen molar-refractivity contribution in [2.45, 2.75) is 12.5 Å². The van der Waals surface area contributed by atoms with Crippen LogP contribution in [-0.4, -0.2) is 13.7 Å². The quantitative estimate of drug-likeness (QED) is 0.810. The van der Waals surface area contributed by atoms with Crippen LogP contribution in [0.25, 0.3) is 0 Å². The number of rotatable bonds is 3. The number of benzene rings is 1. The Bertz CT molecular complexity index is 267. The van der Waals surface area contributed by atoms with Crippen LogP contribution < -0.4 is 5.73 Å². The van der Waals surface area contributed by atoms with Gasteiger partial charge in [0.05, 0.1) is 0 Å². The van der Waals surface area contributed by atoms with Crippen molar-refractivity contribution in [3.63, 3.8) is 0 Å². The summed E-state index contributed by atoms with van der Waals surface area (Å²) in [6, 6.07) is 7.53. The standard InChI is InChI=1S/C10H14ClNO/c1-10(7-12,13-2)8-3-5-9(11)6-4-8/h3-6H,7,12H2,1-2H3. The summed E-state index contributed by atoms with van der Waals surface area (Å²) in [4.78, 5) is 0. The molecule has 0 amide bonds. The fourth-order valence-electron chi connectivity index (χ4n) is 1.12. The highest BCUT2D eigenvalue weighted by Crippen LogP contribution is 2.24. The molecule has 0 heterocycles. The third kappa shape index (κ3) is 2.21. The van der Waals surface area contributed by atoms with E-state index < -0.39 is 5.60 Å². The van der Waals surface area contributed by atoms with Gasteiger partial charge in [0, 0.05) is 18.7 Å². The highest BCUT2D eigenvalue weighted by atomic mass is 35.5. The molecule has 0 fully saturated rings. The predicted molar refractivity (Wildman–Crippen MR) is 54.9 cm³/mol. The van der Waals surface area contributed by atoms with Crippen LogP contribution in [0.2, 0.25) is 5.02 Å². The van der Waals surface area contributed by atoms with Crippen LogP contribution in [0, 0.1) is 0 Å². The largest absolute Gasteiger partial charge is 0.372 e. The average Bonchev–Trinajstić information content (AvgIpc) is 2.18.